The molecule has 0 unspecified atom stereocenters. The maximum atomic E-state index is 11.7. The Hall–Kier alpha value is -2.14. The van der Waals surface area contributed by atoms with Crippen molar-refractivity contribution in [2.24, 2.45) is 0 Å². The number of hydrogen-bond donors (Lipinski definition) is 1. The van der Waals surface area contributed by atoms with Gasteiger partial charge in [0, 0.05) is 15.5 Å². The Balaban J connectivity index is 2.31. The zero-order chi connectivity index (χ0) is 15.4. The van der Waals surface area contributed by atoms with Gasteiger partial charge in [-0.25, -0.2) is 4.79 Å². The quantitative estimate of drug-likeness (QED) is 0.691. The van der Waals surface area contributed by atoms with Crippen LogP contribution in [0.3, 0.4) is 0 Å². The first-order valence-electron chi connectivity index (χ1n) is 6.35. The lowest BCUT2D eigenvalue weighted by atomic mass is 10.1. The number of hydrogen-bond acceptors (Lipinski definition) is 5. The number of methoxy groups -OCH3 is 2. The monoisotopic (exact) mass is 303 g/mol. The molecule has 5 heteroatoms. The minimum absolute atomic E-state index is 0.397. The van der Waals surface area contributed by atoms with Gasteiger partial charge in [0.2, 0.25) is 0 Å². The molecule has 2 N–H and O–H groups in total. The van der Waals surface area contributed by atoms with Gasteiger partial charge in [-0.15, -0.1) is 0 Å². The van der Waals surface area contributed by atoms with E-state index in [2.05, 4.69) is 0 Å². The van der Waals surface area contributed by atoms with E-state index in [4.69, 9.17) is 15.2 Å². The van der Waals surface area contributed by atoms with E-state index < -0.39 is 5.97 Å². The Morgan fingerprint density at radius 2 is 1.76 bits per heavy atom. The molecular weight excluding hydrogens is 286 g/mol. The third-order valence-electron chi connectivity index (χ3n) is 3.06. The van der Waals surface area contributed by atoms with Crippen LogP contribution in [0.2, 0.25) is 0 Å². The van der Waals surface area contributed by atoms with Crippen LogP contribution in [0.5, 0.6) is 5.75 Å². The predicted octanol–water partition coefficient (Wildman–Crippen LogP) is 3.52. The molecule has 0 aliphatic carbocycles. The molecule has 21 heavy (non-hydrogen) atoms. The average Bonchev–Trinajstić information content (AvgIpc) is 2.50. The highest BCUT2D eigenvalue weighted by atomic mass is 32.2. The fourth-order valence-electron chi connectivity index (χ4n) is 1.88. The maximum Gasteiger partial charge on any atom is 0.340 e. The van der Waals surface area contributed by atoms with E-state index in [1.165, 1.54) is 7.11 Å². The third-order valence-corrected chi connectivity index (χ3v) is 4.04. The van der Waals surface area contributed by atoms with Crippen LogP contribution in [0.15, 0.2) is 46.2 Å². The van der Waals surface area contributed by atoms with E-state index in [0.29, 0.717) is 11.3 Å². The summed E-state index contributed by atoms with van der Waals surface area (Å²) in [5.74, 6) is 0.385. The van der Waals surface area contributed by atoms with Crippen molar-refractivity contribution in [3.05, 3.63) is 47.5 Å². The van der Waals surface area contributed by atoms with Crippen molar-refractivity contribution in [1.82, 2.24) is 0 Å². The molecule has 0 heterocycles. The van der Waals surface area contributed by atoms with Gasteiger partial charge in [0.05, 0.1) is 19.8 Å². The topological polar surface area (TPSA) is 61.5 Å². The van der Waals surface area contributed by atoms with Gasteiger partial charge in [0.25, 0.3) is 0 Å². The molecular formula is C16H17NO3S. The average molecular weight is 303 g/mol. The molecule has 0 fully saturated rings. The first kappa shape index (κ1) is 15.3. The largest absolute Gasteiger partial charge is 0.497 e. The summed E-state index contributed by atoms with van der Waals surface area (Å²) in [7, 11) is 2.98. The van der Waals surface area contributed by atoms with Gasteiger partial charge >= 0.3 is 5.97 Å². The van der Waals surface area contributed by atoms with Crippen LogP contribution in [0.4, 0.5) is 5.69 Å². The van der Waals surface area contributed by atoms with E-state index in [1.54, 1.807) is 24.9 Å². The molecule has 0 aromatic heterocycles. The highest BCUT2D eigenvalue weighted by Gasteiger charge is 2.14. The van der Waals surface area contributed by atoms with E-state index in [9.17, 15) is 4.79 Å². The van der Waals surface area contributed by atoms with Gasteiger partial charge < -0.3 is 15.2 Å². The van der Waals surface area contributed by atoms with E-state index in [0.717, 1.165) is 21.1 Å². The van der Waals surface area contributed by atoms with Crippen LogP contribution < -0.4 is 10.5 Å². The molecule has 0 saturated carbocycles. The van der Waals surface area contributed by atoms with Crippen LogP contribution in [-0.2, 0) is 4.74 Å². The van der Waals surface area contributed by atoms with Gasteiger partial charge in [0.15, 0.2) is 0 Å². The van der Waals surface area contributed by atoms with Gasteiger partial charge in [-0.1, -0.05) is 11.8 Å². The van der Waals surface area contributed by atoms with E-state index in [1.807, 2.05) is 37.3 Å². The second kappa shape index (κ2) is 6.54. The Labute approximate surface area is 128 Å². The predicted molar refractivity (Wildman–Crippen MR) is 84.0 cm³/mol. The second-order valence-corrected chi connectivity index (χ2v) is 5.62. The fraction of sp³-hybridized carbons (Fsp3) is 0.188. The molecule has 0 spiro atoms. The highest BCUT2D eigenvalue weighted by molar-refractivity contribution is 7.99. The summed E-state index contributed by atoms with van der Waals surface area (Å²) >= 11 is 1.55. The minimum atomic E-state index is -0.423. The first-order chi connectivity index (χ1) is 10.0. The summed E-state index contributed by atoms with van der Waals surface area (Å²) in [6, 6.07) is 11.4. The normalized spacial score (nSPS) is 10.2. The zero-order valence-corrected chi connectivity index (χ0v) is 13.0. The molecule has 0 aliphatic heterocycles. The molecule has 2 rings (SSSR count). The van der Waals surface area contributed by atoms with Crippen molar-refractivity contribution in [2.45, 2.75) is 16.7 Å². The van der Waals surface area contributed by atoms with Gasteiger partial charge in [0.1, 0.15) is 5.75 Å². The Kier molecular flexibility index (Phi) is 4.75. The molecule has 0 radical (unpaired) electrons. The molecule has 2 aromatic carbocycles. The molecule has 2 aromatic rings. The van der Waals surface area contributed by atoms with Gasteiger partial charge in [-0.05, 0) is 48.9 Å². The van der Waals surface area contributed by atoms with Crippen LogP contribution in [0.25, 0.3) is 0 Å². The van der Waals surface area contributed by atoms with Crippen molar-refractivity contribution < 1.29 is 14.3 Å². The molecule has 0 aliphatic rings. The molecule has 0 saturated heterocycles. The summed E-state index contributed by atoms with van der Waals surface area (Å²) in [5, 5.41) is 0. The SMILES string of the molecule is COC(=O)c1cc(Sc2ccc(OC)cc2)cc(C)c1N. The van der Waals surface area contributed by atoms with Crippen LogP contribution in [0.1, 0.15) is 15.9 Å². The van der Waals surface area contributed by atoms with E-state index >= 15 is 0 Å². The smallest absolute Gasteiger partial charge is 0.340 e. The third kappa shape index (κ3) is 3.49. The maximum absolute atomic E-state index is 11.7. The molecule has 0 amide bonds. The number of nitrogen functional groups attached to an aromatic ring is 1. The number of esters is 1. The summed E-state index contributed by atoms with van der Waals surface area (Å²) in [6.45, 7) is 1.87. The van der Waals surface area contributed by atoms with Crippen molar-refractivity contribution in [3.8, 4) is 5.75 Å². The highest BCUT2D eigenvalue weighted by Crippen LogP contribution is 2.32. The summed E-state index contributed by atoms with van der Waals surface area (Å²) < 4.78 is 9.90. The van der Waals surface area contributed by atoms with Crippen LogP contribution >= 0.6 is 11.8 Å². The number of nitrogens with two attached hydrogens (primary N) is 1. The number of anilines is 1. The summed E-state index contributed by atoms with van der Waals surface area (Å²) in [5.41, 5.74) is 7.64. The fourth-order valence-corrected chi connectivity index (χ4v) is 2.84. The van der Waals surface area contributed by atoms with E-state index in [-0.39, 0.29) is 0 Å². The number of benzene rings is 2. The molecule has 110 valence electrons. The van der Waals surface area contributed by atoms with Crippen LogP contribution in [-0.4, -0.2) is 20.2 Å². The second-order valence-electron chi connectivity index (χ2n) is 4.47. The number of carbonyl (C=O) groups is 1. The molecule has 4 nitrogen and oxygen atoms in total. The lowest BCUT2D eigenvalue weighted by molar-refractivity contribution is 0.0601. The Bertz CT molecular complexity index is 653. The minimum Gasteiger partial charge on any atom is -0.497 e. The Morgan fingerprint density at radius 1 is 1.10 bits per heavy atom. The van der Waals surface area contributed by atoms with Crippen molar-refractivity contribution in [1.29, 1.82) is 0 Å². The summed E-state index contributed by atoms with van der Waals surface area (Å²) in [6.07, 6.45) is 0. The zero-order valence-electron chi connectivity index (χ0n) is 12.2. The summed E-state index contributed by atoms with van der Waals surface area (Å²) in [4.78, 5) is 13.7. The number of rotatable bonds is 4. The standard InChI is InChI=1S/C16H17NO3S/c1-10-8-13(9-14(15(10)17)16(18)20-3)21-12-6-4-11(19-2)5-7-12/h4-9H,17H2,1-3H3. The first-order valence-corrected chi connectivity index (χ1v) is 7.17. The van der Waals surface area contributed by atoms with Gasteiger partial charge in [-0.3, -0.25) is 0 Å². The Morgan fingerprint density at radius 3 is 2.33 bits per heavy atom. The number of aryl methyl sites for hydroxylation is 1. The van der Waals surface area contributed by atoms with Gasteiger partial charge in [-0.2, -0.15) is 0 Å². The molecule has 0 bridgehead atoms. The number of carbonyl (C=O) groups excluding carboxylic acids is 1. The number of ether oxygens (including phenoxy) is 2. The van der Waals surface area contributed by atoms with Crippen LogP contribution in [0, 0.1) is 6.92 Å². The molecule has 0 atom stereocenters. The van der Waals surface area contributed by atoms with Crippen molar-refractivity contribution in [2.75, 3.05) is 20.0 Å². The van der Waals surface area contributed by atoms with Crippen molar-refractivity contribution in [3.63, 3.8) is 0 Å². The lowest BCUT2D eigenvalue weighted by Gasteiger charge is -2.10. The van der Waals surface area contributed by atoms with Crippen molar-refractivity contribution >= 4 is 23.4 Å². The lowest BCUT2D eigenvalue weighted by Crippen LogP contribution is -2.07.